The summed E-state index contributed by atoms with van der Waals surface area (Å²) >= 11 is 7.24. The van der Waals surface area contributed by atoms with Crippen LogP contribution in [0.25, 0.3) is 11.1 Å². The summed E-state index contributed by atoms with van der Waals surface area (Å²) in [6.07, 6.45) is 1.06. The molecule has 0 amide bonds. The van der Waals surface area contributed by atoms with Crippen LogP contribution < -0.4 is 10.9 Å². The number of anilines is 1. The van der Waals surface area contributed by atoms with Crippen molar-refractivity contribution in [1.82, 2.24) is 9.47 Å². The Morgan fingerprint density at radius 2 is 1.94 bits per heavy atom. The van der Waals surface area contributed by atoms with Gasteiger partial charge in [0.1, 0.15) is 10.6 Å². The number of aryl methyl sites for hydroxylation is 1. The molecule has 33 heavy (non-hydrogen) atoms. The summed E-state index contributed by atoms with van der Waals surface area (Å²) in [5.41, 5.74) is 4.61. The number of methoxy groups -OCH3 is 1. The molecule has 0 spiro atoms. The monoisotopic (exact) mass is 479 g/mol. The summed E-state index contributed by atoms with van der Waals surface area (Å²) in [6, 6.07) is 13.6. The molecule has 4 heterocycles. The average molecular weight is 480 g/mol. The fourth-order valence-corrected chi connectivity index (χ4v) is 6.21. The van der Waals surface area contributed by atoms with Crippen molar-refractivity contribution < 1.29 is 9.53 Å². The largest absolute Gasteiger partial charge is 0.465 e. The maximum atomic E-state index is 12.7. The molecule has 8 heteroatoms. The van der Waals surface area contributed by atoms with Gasteiger partial charge >= 0.3 is 5.97 Å². The second-order valence-electron chi connectivity index (χ2n) is 8.74. The molecule has 1 fully saturated rings. The van der Waals surface area contributed by atoms with Crippen LogP contribution in [0.1, 0.15) is 34.0 Å². The van der Waals surface area contributed by atoms with Crippen molar-refractivity contribution in [2.24, 2.45) is 5.92 Å². The van der Waals surface area contributed by atoms with Crippen LogP contribution in [0.5, 0.6) is 0 Å². The van der Waals surface area contributed by atoms with E-state index >= 15 is 0 Å². The van der Waals surface area contributed by atoms with Gasteiger partial charge in [0.25, 0.3) is 5.56 Å². The third-order valence-corrected chi connectivity index (χ3v) is 7.79. The molecule has 0 aliphatic carbocycles. The summed E-state index contributed by atoms with van der Waals surface area (Å²) in [5, 5.41) is 6.58. The Labute approximate surface area is 201 Å². The highest BCUT2D eigenvalue weighted by Gasteiger charge is 2.35. The number of nitrogens with zero attached hydrogens (tertiary/aromatic N) is 2. The Morgan fingerprint density at radius 1 is 1.15 bits per heavy atom. The third kappa shape index (κ3) is 4.09. The van der Waals surface area contributed by atoms with E-state index in [1.165, 1.54) is 18.4 Å². The van der Waals surface area contributed by atoms with Crippen LogP contribution in [0.4, 0.5) is 5.00 Å². The van der Waals surface area contributed by atoms with Gasteiger partial charge in [-0.3, -0.25) is 4.79 Å². The van der Waals surface area contributed by atoms with Gasteiger partial charge < -0.3 is 19.5 Å². The van der Waals surface area contributed by atoms with Gasteiger partial charge in [-0.25, -0.2) is 4.79 Å². The highest BCUT2D eigenvalue weighted by atomic mass is 32.1. The van der Waals surface area contributed by atoms with Crippen molar-refractivity contribution in [3.05, 3.63) is 75.0 Å². The number of hydrogen-bond acceptors (Lipinski definition) is 5. The number of likely N-dealkylation sites (tertiary alicyclic amines) is 1. The lowest BCUT2D eigenvalue weighted by atomic mass is 9.83. The van der Waals surface area contributed by atoms with E-state index in [0.29, 0.717) is 28.1 Å². The molecule has 2 aromatic heterocycles. The predicted octanol–water partition coefficient (Wildman–Crippen LogP) is 4.49. The van der Waals surface area contributed by atoms with Crippen molar-refractivity contribution >= 4 is 39.6 Å². The summed E-state index contributed by atoms with van der Waals surface area (Å²) in [7, 11) is 1.40. The lowest BCUT2D eigenvalue weighted by molar-refractivity contribution is 0.0603. The van der Waals surface area contributed by atoms with Crippen LogP contribution in [-0.4, -0.2) is 40.7 Å². The van der Waals surface area contributed by atoms with Crippen molar-refractivity contribution in [1.29, 1.82) is 0 Å². The lowest BCUT2D eigenvalue weighted by Crippen LogP contribution is -2.50. The van der Waals surface area contributed by atoms with Gasteiger partial charge in [0, 0.05) is 48.3 Å². The van der Waals surface area contributed by atoms with Gasteiger partial charge in [-0.05, 0) is 43.1 Å². The second-order valence-corrected chi connectivity index (χ2v) is 10.0. The van der Waals surface area contributed by atoms with Crippen LogP contribution in [-0.2, 0) is 11.3 Å². The van der Waals surface area contributed by atoms with Gasteiger partial charge in [-0.15, -0.1) is 11.3 Å². The zero-order valence-corrected chi connectivity index (χ0v) is 20.2. The van der Waals surface area contributed by atoms with Gasteiger partial charge in [-0.2, -0.15) is 0 Å². The number of hydrogen-bond donors (Lipinski definition) is 1. The SMILES string of the molecule is COC(=O)c1c(-c2ccc(C)cc2)csc1NC(=S)N1C[C@H]2C[C@@H](C1)c1cccc(=O)n1C2. The van der Waals surface area contributed by atoms with Crippen molar-refractivity contribution in [3.63, 3.8) is 0 Å². The Hall–Kier alpha value is -2.97. The number of rotatable bonds is 3. The van der Waals surface area contributed by atoms with E-state index in [4.69, 9.17) is 17.0 Å². The molecule has 3 aromatic rings. The summed E-state index contributed by atoms with van der Waals surface area (Å²) in [5.74, 6) is 0.237. The first-order valence-electron chi connectivity index (χ1n) is 11.0. The minimum Gasteiger partial charge on any atom is -0.465 e. The number of aromatic nitrogens is 1. The van der Waals surface area contributed by atoms with Crippen LogP contribution in [0.2, 0.25) is 0 Å². The maximum absolute atomic E-state index is 12.7. The molecule has 2 aliphatic rings. The average Bonchev–Trinajstić information content (AvgIpc) is 3.23. The Balaban J connectivity index is 1.40. The second kappa shape index (κ2) is 8.76. The third-order valence-electron chi connectivity index (χ3n) is 6.53. The zero-order chi connectivity index (χ0) is 23.1. The van der Waals surface area contributed by atoms with E-state index in [1.807, 2.05) is 53.3 Å². The number of thiocarbonyl (C=S) groups is 1. The highest BCUT2D eigenvalue weighted by molar-refractivity contribution is 7.80. The van der Waals surface area contributed by atoms with E-state index in [-0.39, 0.29) is 17.4 Å². The number of benzene rings is 1. The standard InChI is InChI=1S/C25H25N3O3S2/c1-15-6-8-17(9-7-15)19-14-33-23(22(19)24(30)31-2)26-25(32)27-11-16-10-18(13-27)20-4-3-5-21(29)28(20)12-16/h3-9,14,16,18H,10-13H2,1-2H3,(H,26,32)/t16-,18+/m1/s1. The fraction of sp³-hybridized carbons (Fsp3) is 0.320. The lowest BCUT2D eigenvalue weighted by Gasteiger charge is -2.43. The van der Waals surface area contributed by atoms with Crippen LogP contribution in [0, 0.1) is 12.8 Å². The van der Waals surface area contributed by atoms with Gasteiger partial charge in [-0.1, -0.05) is 35.9 Å². The molecule has 0 unspecified atom stereocenters. The molecule has 6 nitrogen and oxygen atoms in total. The smallest absolute Gasteiger partial charge is 0.341 e. The van der Waals surface area contributed by atoms with Crippen molar-refractivity contribution in [2.75, 3.05) is 25.5 Å². The zero-order valence-electron chi connectivity index (χ0n) is 18.5. The number of fused-ring (bicyclic) bond motifs is 4. The molecule has 1 saturated heterocycles. The van der Waals surface area contributed by atoms with E-state index < -0.39 is 0 Å². The molecule has 2 atom stereocenters. The maximum Gasteiger partial charge on any atom is 0.341 e. The van der Waals surface area contributed by atoms with Gasteiger partial charge in [0.2, 0.25) is 0 Å². The highest BCUT2D eigenvalue weighted by Crippen LogP contribution is 2.38. The molecular weight excluding hydrogens is 454 g/mol. The molecule has 170 valence electrons. The first kappa shape index (κ1) is 21.9. The quantitative estimate of drug-likeness (QED) is 0.441. The van der Waals surface area contributed by atoms with Crippen LogP contribution in [0.3, 0.4) is 0 Å². The minimum atomic E-state index is -0.388. The number of ether oxygens (including phenoxy) is 1. The summed E-state index contributed by atoms with van der Waals surface area (Å²) < 4.78 is 7.01. The van der Waals surface area contributed by atoms with Crippen LogP contribution >= 0.6 is 23.6 Å². The Kier molecular flexibility index (Phi) is 5.80. The molecule has 0 radical (unpaired) electrons. The number of pyridine rings is 1. The number of carbonyl (C=O) groups is 1. The Bertz CT molecular complexity index is 1280. The first-order chi connectivity index (χ1) is 15.9. The number of nitrogens with one attached hydrogen (secondary N) is 1. The van der Waals surface area contributed by atoms with E-state index in [0.717, 1.165) is 41.9 Å². The molecule has 5 rings (SSSR count). The number of esters is 1. The topological polar surface area (TPSA) is 63.6 Å². The number of carbonyl (C=O) groups excluding carboxylic acids is 1. The van der Waals surface area contributed by atoms with E-state index in [2.05, 4.69) is 10.2 Å². The molecule has 1 N–H and O–H groups in total. The fourth-order valence-electron chi connectivity index (χ4n) is 4.94. The normalized spacial score (nSPS) is 19.0. The van der Waals surface area contributed by atoms with Crippen LogP contribution in [0.15, 0.2) is 52.6 Å². The predicted molar refractivity (Wildman–Crippen MR) is 135 cm³/mol. The van der Waals surface area contributed by atoms with E-state index in [9.17, 15) is 9.59 Å². The molecule has 2 aliphatic heterocycles. The molecule has 2 bridgehead atoms. The number of piperidine rings is 1. The van der Waals surface area contributed by atoms with Gasteiger partial charge in [0.05, 0.1) is 7.11 Å². The van der Waals surface area contributed by atoms with Gasteiger partial charge in [0.15, 0.2) is 5.11 Å². The first-order valence-corrected chi connectivity index (χ1v) is 12.3. The Morgan fingerprint density at radius 3 is 2.70 bits per heavy atom. The molecule has 0 saturated carbocycles. The summed E-state index contributed by atoms with van der Waals surface area (Å²) in [4.78, 5) is 27.2. The summed E-state index contributed by atoms with van der Waals surface area (Å²) in [6.45, 7) is 4.28. The van der Waals surface area contributed by atoms with Crippen molar-refractivity contribution in [2.45, 2.75) is 25.8 Å². The van der Waals surface area contributed by atoms with E-state index in [1.54, 1.807) is 6.07 Å². The molecular formula is C25H25N3O3S2. The van der Waals surface area contributed by atoms with Crippen molar-refractivity contribution in [3.8, 4) is 11.1 Å². The minimum absolute atomic E-state index is 0.0706. The number of thiophene rings is 1. The molecule has 1 aromatic carbocycles.